The van der Waals surface area contributed by atoms with Crippen LogP contribution in [-0.4, -0.2) is 48.9 Å². The van der Waals surface area contributed by atoms with Crippen molar-refractivity contribution < 1.29 is 23.8 Å². The minimum absolute atomic E-state index is 0.0163. The number of likely N-dealkylation sites (N-methyl/N-ethyl adjacent to an activating group) is 1. The van der Waals surface area contributed by atoms with E-state index in [9.17, 15) is 9.59 Å². The van der Waals surface area contributed by atoms with Gasteiger partial charge in [0.25, 0.3) is 5.91 Å². The molecule has 3 aliphatic rings. The van der Waals surface area contributed by atoms with Crippen LogP contribution in [0.1, 0.15) is 57.6 Å². The summed E-state index contributed by atoms with van der Waals surface area (Å²) in [5, 5.41) is 0. The molecule has 1 aliphatic carbocycles. The number of hydrogen-bond donors (Lipinski definition) is 0. The summed E-state index contributed by atoms with van der Waals surface area (Å²) < 4.78 is 17.8. The molecule has 2 aliphatic heterocycles. The molecular formula is C31H36N2O5. The second-order valence-corrected chi connectivity index (χ2v) is 11.6. The lowest BCUT2D eigenvalue weighted by atomic mass is 9.68. The molecule has 5 rings (SSSR count). The highest BCUT2D eigenvalue weighted by molar-refractivity contribution is 6.07. The number of aromatic nitrogens is 1. The highest BCUT2D eigenvalue weighted by Crippen LogP contribution is 2.55. The maximum absolute atomic E-state index is 13.9. The van der Waals surface area contributed by atoms with Crippen LogP contribution in [0.4, 0.5) is 0 Å². The Morgan fingerprint density at radius 2 is 1.79 bits per heavy atom. The van der Waals surface area contributed by atoms with Crippen molar-refractivity contribution in [1.29, 1.82) is 0 Å². The third kappa shape index (κ3) is 3.99. The molecule has 2 aromatic rings. The maximum atomic E-state index is 13.9. The SMILES string of the molecule is COc1cccc(-c2ccc(OC)c([C@H]3C4=C(CC(C)(C)CC4=O)OC4=C3C(=O)N(C)[C@@H]4C(C)C)c2C)n1. The smallest absolute Gasteiger partial charge is 0.254 e. The summed E-state index contributed by atoms with van der Waals surface area (Å²) in [4.78, 5) is 34.1. The number of amides is 1. The van der Waals surface area contributed by atoms with Gasteiger partial charge in [-0.15, -0.1) is 0 Å². The van der Waals surface area contributed by atoms with Gasteiger partial charge in [0.2, 0.25) is 5.88 Å². The molecule has 1 aromatic heterocycles. The summed E-state index contributed by atoms with van der Waals surface area (Å²) in [6.07, 6.45) is 1.02. The molecular weight excluding hydrogens is 480 g/mol. The van der Waals surface area contributed by atoms with Crippen LogP contribution in [0.15, 0.2) is 53.0 Å². The minimum atomic E-state index is -0.587. The second-order valence-electron chi connectivity index (χ2n) is 11.6. The first kappa shape index (κ1) is 26.0. The van der Waals surface area contributed by atoms with Crippen LogP contribution in [0.5, 0.6) is 11.6 Å². The van der Waals surface area contributed by atoms with Crippen LogP contribution in [-0.2, 0) is 14.3 Å². The molecule has 1 aromatic carbocycles. The normalized spacial score (nSPS) is 22.5. The van der Waals surface area contributed by atoms with Crippen molar-refractivity contribution in [2.75, 3.05) is 21.3 Å². The van der Waals surface area contributed by atoms with Gasteiger partial charge in [-0.05, 0) is 42.0 Å². The number of benzene rings is 1. The fourth-order valence-electron chi connectivity index (χ4n) is 6.34. The van der Waals surface area contributed by atoms with Gasteiger partial charge in [0, 0.05) is 42.7 Å². The maximum Gasteiger partial charge on any atom is 0.254 e. The van der Waals surface area contributed by atoms with Crippen LogP contribution >= 0.6 is 0 Å². The first-order valence-electron chi connectivity index (χ1n) is 13.1. The second kappa shape index (κ2) is 9.29. The predicted molar refractivity (Wildman–Crippen MR) is 145 cm³/mol. The van der Waals surface area contributed by atoms with E-state index in [-0.39, 0.29) is 29.1 Å². The van der Waals surface area contributed by atoms with E-state index in [1.165, 1.54) is 0 Å². The lowest BCUT2D eigenvalue weighted by Gasteiger charge is -2.39. The van der Waals surface area contributed by atoms with Crippen LogP contribution in [0.25, 0.3) is 11.3 Å². The number of rotatable bonds is 5. The number of ether oxygens (including phenoxy) is 3. The van der Waals surface area contributed by atoms with E-state index < -0.39 is 5.92 Å². The van der Waals surface area contributed by atoms with Crippen LogP contribution in [0.3, 0.4) is 0 Å². The predicted octanol–water partition coefficient (Wildman–Crippen LogP) is 5.58. The quantitative estimate of drug-likeness (QED) is 0.516. The molecule has 7 heteroatoms. The number of methoxy groups -OCH3 is 2. The molecule has 1 amide bonds. The van der Waals surface area contributed by atoms with Crippen molar-refractivity contribution >= 4 is 11.7 Å². The van der Waals surface area contributed by atoms with Crippen LogP contribution < -0.4 is 9.47 Å². The van der Waals surface area contributed by atoms with Gasteiger partial charge in [0.05, 0.1) is 37.4 Å². The summed E-state index contributed by atoms with van der Waals surface area (Å²) >= 11 is 0. The van der Waals surface area contributed by atoms with Gasteiger partial charge in [-0.2, -0.15) is 0 Å². The van der Waals surface area contributed by atoms with E-state index in [1.54, 1.807) is 25.2 Å². The first-order valence-corrected chi connectivity index (χ1v) is 13.1. The van der Waals surface area contributed by atoms with Gasteiger partial charge >= 0.3 is 0 Å². The average Bonchev–Trinajstić information content (AvgIpc) is 3.11. The van der Waals surface area contributed by atoms with Crippen LogP contribution in [0.2, 0.25) is 0 Å². The molecule has 0 fully saturated rings. The number of Topliss-reactive ketones (excluding diaryl/α,β-unsaturated/α-hetero) is 1. The lowest BCUT2D eigenvalue weighted by molar-refractivity contribution is -0.126. The lowest BCUT2D eigenvalue weighted by Crippen LogP contribution is -2.36. The average molecular weight is 517 g/mol. The number of ketones is 1. The third-order valence-corrected chi connectivity index (χ3v) is 8.02. The first-order chi connectivity index (χ1) is 18.0. The largest absolute Gasteiger partial charge is 0.496 e. The van der Waals surface area contributed by atoms with Crippen molar-refractivity contribution in [3.05, 3.63) is 64.1 Å². The van der Waals surface area contributed by atoms with Crippen LogP contribution in [0, 0.1) is 18.3 Å². The number of hydrogen-bond acceptors (Lipinski definition) is 6. The number of pyridine rings is 1. The van der Waals surface area contributed by atoms with Gasteiger partial charge in [0.1, 0.15) is 17.3 Å². The van der Waals surface area contributed by atoms with Crippen molar-refractivity contribution in [2.45, 2.75) is 59.4 Å². The highest BCUT2D eigenvalue weighted by atomic mass is 16.5. The van der Waals surface area contributed by atoms with Crippen molar-refractivity contribution in [3.63, 3.8) is 0 Å². The molecule has 3 heterocycles. The Hall–Kier alpha value is -3.61. The monoisotopic (exact) mass is 516 g/mol. The standard InChI is InChI=1S/C31H36N2O5/c1-16(2)28-29-27(30(35)33(28)6)26(25-20(34)14-31(4,5)15-22(25)38-29)24-17(3)18(12-13-21(24)36-7)19-10-9-11-23(32-19)37-8/h9-13,16,26,28H,14-15H2,1-8H3/t26-,28+/m0/s1. The summed E-state index contributed by atoms with van der Waals surface area (Å²) in [5.74, 6) is 1.93. The molecule has 0 N–H and O–H groups in total. The molecule has 2 atom stereocenters. The molecule has 200 valence electrons. The fraction of sp³-hybridized carbons (Fsp3) is 0.452. The number of nitrogens with zero attached hydrogens (tertiary/aromatic N) is 2. The Morgan fingerprint density at radius 1 is 1.05 bits per heavy atom. The van der Waals surface area contributed by atoms with Crippen molar-refractivity contribution in [3.8, 4) is 22.9 Å². The Labute approximate surface area is 224 Å². The molecule has 7 nitrogen and oxygen atoms in total. The Kier molecular flexibility index (Phi) is 6.36. The van der Waals surface area contributed by atoms with Gasteiger partial charge < -0.3 is 19.1 Å². The zero-order chi connectivity index (χ0) is 27.5. The number of allylic oxidation sites excluding steroid dienone is 2. The molecule has 0 unspecified atom stereocenters. The topological polar surface area (TPSA) is 78.0 Å². The van der Waals surface area contributed by atoms with Gasteiger partial charge in [-0.3, -0.25) is 9.59 Å². The zero-order valence-electron chi connectivity index (χ0n) is 23.5. The molecule has 0 radical (unpaired) electrons. The molecule has 0 bridgehead atoms. The van der Waals surface area contributed by atoms with E-state index in [0.29, 0.717) is 47.1 Å². The fourth-order valence-corrected chi connectivity index (χ4v) is 6.34. The molecule has 38 heavy (non-hydrogen) atoms. The van der Waals surface area contributed by atoms with E-state index in [4.69, 9.17) is 14.2 Å². The summed E-state index contributed by atoms with van der Waals surface area (Å²) in [6.45, 7) is 10.4. The van der Waals surface area contributed by atoms with Crippen molar-refractivity contribution in [1.82, 2.24) is 9.88 Å². The zero-order valence-corrected chi connectivity index (χ0v) is 23.5. The van der Waals surface area contributed by atoms with E-state index in [0.717, 1.165) is 22.4 Å². The number of carbonyl (C=O) groups is 2. The van der Waals surface area contributed by atoms with E-state index in [1.807, 2.05) is 38.2 Å². The Balaban J connectivity index is 1.80. The van der Waals surface area contributed by atoms with Gasteiger partial charge in [-0.25, -0.2) is 4.98 Å². The minimum Gasteiger partial charge on any atom is -0.496 e. The Morgan fingerprint density at radius 3 is 2.45 bits per heavy atom. The summed E-state index contributed by atoms with van der Waals surface area (Å²) in [7, 11) is 5.03. The summed E-state index contributed by atoms with van der Waals surface area (Å²) in [6, 6.07) is 9.29. The van der Waals surface area contributed by atoms with Gasteiger partial charge in [0.15, 0.2) is 5.78 Å². The Bertz CT molecular complexity index is 1400. The molecule has 0 saturated carbocycles. The molecule has 0 saturated heterocycles. The third-order valence-electron chi connectivity index (χ3n) is 8.02. The summed E-state index contributed by atoms with van der Waals surface area (Å²) in [5.41, 5.74) is 4.22. The molecule has 0 spiro atoms. The van der Waals surface area contributed by atoms with Crippen molar-refractivity contribution in [2.24, 2.45) is 11.3 Å². The highest BCUT2D eigenvalue weighted by Gasteiger charge is 2.52. The van der Waals surface area contributed by atoms with E-state index >= 15 is 0 Å². The van der Waals surface area contributed by atoms with Gasteiger partial charge in [-0.1, -0.05) is 33.8 Å². The number of carbonyl (C=O) groups excluding carboxylic acids is 2. The van der Waals surface area contributed by atoms with E-state index in [2.05, 4.69) is 32.7 Å².